The lowest BCUT2D eigenvalue weighted by atomic mass is 9.69. The second-order valence-electron chi connectivity index (χ2n) is 7.49. The van der Waals surface area contributed by atoms with Gasteiger partial charge in [0.05, 0.1) is 22.6 Å². The standard InChI is InChI=1S/C23H28BrNO5S/c1-4-29-18-12-14(11-15(24)22(18)27)20-19(23(28)30-9-10-31-5-2)13(3)25-16-7-6-8-17(26)21(16)20/h11-12,20-21,27H,4-10H2,1-3H3/t20-,21?/m1/s1. The highest BCUT2D eigenvalue weighted by Crippen LogP contribution is 2.46. The van der Waals surface area contributed by atoms with Gasteiger partial charge in [-0.15, -0.1) is 0 Å². The molecule has 1 aliphatic carbocycles. The van der Waals surface area contributed by atoms with Crippen molar-refractivity contribution in [3.05, 3.63) is 33.4 Å². The van der Waals surface area contributed by atoms with Gasteiger partial charge < -0.3 is 14.6 Å². The quantitative estimate of drug-likeness (QED) is 0.390. The fourth-order valence-corrected chi connectivity index (χ4v) is 5.15. The van der Waals surface area contributed by atoms with Gasteiger partial charge >= 0.3 is 5.97 Å². The molecule has 1 aliphatic heterocycles. The smallest absolute Gasteiger partial charge is 0.336 e. The number of ketones is 1. The molecule has 1 aromatic carbocycles. The SMILES string of the molecule is CCOc1cc([C@@H]2C(C(=O)OCCSCC)=C(C)N=C3CCCC(=O)C32)cc(Br)c1O. The number of allylic oxidation sites excluding steroid dienone is 1. The minimum atomic E-state index is -0.525. The number of hydrogen-bond donors (Lipinski definition) is 1. The zero-order chi connectivity index (χ0) is 22.5. The topological polar surface area (TPSA) is 85.2 Å². The first-order valence-corrected chi connectivity index (χ1v) is 12.5. The zero-order valence-corrected chi connectivity index (χ0v) is 20.5. The van der Waals surface area contributed by atoms with Crippen LogP contribution >= 0.6 is 27.7 Å². The lowest BCUT2D eigenvalue weighted by molar-refractivity contribution is -0.139. The van der Waals surface area contributed by atoms with Gasteiger partial charge in [-0.2, -0.15) is 11.8 Å². The molecule has 1 unspecified atom stereocenters. The number of halogens is 1. The molecule has 2 aliphatic rings. The molecule has 6 nitrogen and oxygen atoms in total. The zero-order valence-electron chi connectivity index (χ0n) is 18.1. The van der Waals surface area contributed by atoms with Crippen molar-refractivity contribution in [3.63, 3.8) is 0 Å². The molecule has 2 atom stereocenters. The average Bonchev–Trinajstić information content (AvgIpc) is 2.73. The molecular weight excluding hydrogens is 482 g/mol. The van der Waals surface area contributed by atoms with Crippen molar-refractivity contribution in [1.29, 1.82) is 0 Å². The maximum absolute atomic E-state index is 13.1. The van der Waals surface area contributed by atoms with Crippen LogP contribution in [0.4, 0.5) is 0 Å². The number of esters is 1. The van der Waals surface area contributed by atoms with Crippen molar-refractivity contribution >= 4 is 45.2 Å². The van der Waals surface area contributed by atoms with Gasteiger partial charge in [0.2, 0.25) is 0 Å². The molecule has 1 heterocycles. The summed E-state index contributed by atoms with van der Waals surface area (Å²) in [5, 5.41) is 10.4. The van der Waals surface area contributed by atoms with Crippen molar-refractivity contribution in [3.8, 4) is 11.5 Å². The summed E-state index contributed by atoms with van der Waals surface area (Å²) >= 11 is 5.09. The number of rotatable bonds is 8. The molecule has 0 spiro atoms. The number of hydrogen-bond acceptors (Lipinski definition) is 7. The molecule has 0 aromatic heterocycles. The Hall–Kier alpha value is -1.80. The van der Waals surface area contributed by atoms with Gasteiger partial charge in [-0.25, -0.2) is 4.79 Å². The average molecular weight is 510 g/mol. The van der Waals surface area contributed by atoms with E-state index in [1.165, 1.54) is 0 Å². The van der Waals surface area contributed by atoms with Gasteiger partial charge in [0.1, 0.15) is 12.4 Å². The largest absolute Gasteiger partial charge is 0.503 e. The maximum atomic E-state index is 13.1. The minimum Gasteiger partial charge on any atom is -0.503 e. The van der Waals surface area contributed by atoms with Gasteiger partial charge in [-0.3, -0.25) is 9.79 Å². The molecule has 168 valence electrons. The van der Waals surface area contributed by atoms with E-state index in [0.717, 1.165) is 35.6 Å². The summed E-state index contributed by atoms with van der Waals surface area (Å²) < 4.78 is 11.6. The number of aromatic hydroxyl groups is 1. The van der Waals surface area contributed by atoms with Crippen molar-refractivity contribution < 1.29 is 24.2 Å². The molecule has 1 fully saturated rings. The number of fused-ring (bicyclic) bond motifs is 1. The van der Waals surface area contributed by atoms with Gasteiger partial charge in [0, 0.05) is 29.5 Å². The monoisotopic (exact) mass is 509 g/mol. The van der Waals surface area contributed by atoms with E-state index in [1.807, 2.05) is 6.92 Å². The maximum Gasteiger partial charge on any atom is 0.336 e. The molecule has 3 rings (SSSR count). The van der Waals surface area contributed by atoms with E-state index in [-0.39, 0.29) is 11.5 Å². The molecular formula is C23H28BrNO5S. The predicted molar refractivity (Wildman–Crippen MR) is 126 cm³/mol. The Kier molecular flexibility index (Phi) is 8.22. The summed E-state index contributed by atoms with van der Waals surface area (Å²) in [6.45, 7) is 6.37. The number of carbonyl (C=O) groups excluding carboxylic acids is 2. The first-order chi connectivity index (χ1) is 14.9. The predicted octanol–water partition coefficient (Wildman–Crippen LogP) is 5.03. The number of thioether (sulfide) groups is 1. The summed E-state index contributed by atoms with van der Waals surface area (Å²) in [4.78, 5) is 30.8. The van der Waals surface area contributed by atoms with Crippen LogP contribution in [0.3, 0.4) is 0 Å². The van der Waals surface area contributed by atoms with E-state index in [9.17, 15) is 14.7 Å². The fraction of sp³-hybridized carbons (Fsp3) is 0.522. The molecule has 0 bridgehead atoms. The molecule has 31 heavy (non-hydrogen) atoms. The van der Waals surface area contributed by atoms with Crippen LogP contribution < -0.4 is 4.74 Å². The Morgan fingerprint density at radius 2 is 2.06 bits per heavy atom. The van der Waals surface area contributed by atoms with E-state index in [1.54, 1.807) is 30.8 Å². The van der Waals surface area contributed by atoms with Crippen LogP contribution in [0.5, 0.6) is 11.5 Å². The third-order valence-corrected chi connectivity index (χ3v) is 6.97. The number of nitrogens with zero attached hydrogens (tertiary/aromatic N) is 1. The van der Waals surface area contributed by atoms with Crippen LogP contribution in [0.1, 0.15) is 51.5 Å². The molecule has 8 heteroatoms. The van der Waals surface area contributed by atoms with E-state index in [4.69, 9.17) is 9.47 Å². The number of benzene rings is 1. The molecule has 1 aromatic rings. The van der Waals surface area contributed by atoms with Crippen molar-refractivity contribution in [2.24, 2.45) is 10.9 Å². The summed E-state index contributed by atoms with van der Waals surface area (Å²) in [6.07, 6.45) is 1.97. The van der Waals surface area contributed by atoms with Crippen LogP contribution in [-0.4, -0.2) is 47.3 Å². The number of carbonyl (C=O) groups is 2. The molecule has 1 saturated carbocycles. The molecule has 1 N–H and O–H groups in total. The second kappa shape index (κ2) is 10.7. The van der Waals surface area contributed by atoms with Crippen LogP contribution in [0.25, 0.3) is 0 Å². The lowest BCUT2D eigenvalue weighted by Crippen LogP contribution is -2.39. The minimum absolute atomic E-state index is 0.00770. The Bertz CT molecular complexity index is 927. The highest BCUT2D eigenvalue weighted by molar-refractivity contribution is 9.10. The van der Waals surface area contributed by atoms with Crippen LogP contribution in [0.15, 0.2) is 32.9 Å². The van der Waals surface area contributed by atoms with Crippen LogP contribution in [-0.2, 0) is 14.3 Å². The highest BCUT2D eigenvalue weighted by atomic mass is 79.9. The summed E-state index contributed by atoms with van der Waals surface area (Å²) in [6, 6.07) is 3.47. The van der Waals surface area contributed by atoms with Gasteiger partial charge in [-0.1, -0.05) is 6.92 Å². The van der Waals surface area contributed by atoms with Crippen molar-refractivity contribution in [1.82, 2.24) is 0 Å². The Morgan fingerprint density at radius 1 is 1.29 bits per heavy atom. The van der Waals surface area contributed by atoms with Crippen LogP contribution in [0.2, 0.25) is 0 Å². The Labute approximate surface area is 195 Å². The molecule has 0 amide bonds. The highest BCUT2D eigenvalue weighted by Gasteiger charge is 2.44. The van der Waals surface area contributed by atoms with E-state index >= 15 is 0 Å². The normalized spacial score (nSPS) is 20.9. The van der Waals surface area contributed by atoms with Crippen molar-refractivity contribution in [2.75, 3.05) is 24.7 Å². The number of phenols is 1. The van der Waals surface area contributed by atoms with Crippen molar-refractivity contribution in [2.45, 2.75) is 46.0 Å². The van der Waals surface area contributed by atoms with Crippen LogP contribution in [0, 0.1) is 5.92 Å². The van der Waals surface area contributed by atoms with E-state index < -0.39 is 17.8 Å². The second-order valence-corrected chi connectivity index (χ2v) is 9.74. The number of Topliss-reactive ketones (excluding diaryl/α,β-unsaturated/α-hetero) is 1. The number of aliphatic imine (C=N–C) groups is 1. The first kappa shape index (κ1) is 23.9. The molecule has 0 radical (unpaired) electrons. The molecule has 0 saturated heterocycles. The van der Waals surface area contributed by atoms with Gasteiger partial charge in [-0.05, 0) is 66.1 Å². The fourth-order valence-electron chi connectivity index (χ4n) is 4.20. The number of ether oxygens (including phenoxy) is 2. The third kappa shape index (κ3) is 5.17. The summed E-state index contributed by atoms with van der Waals surface area (Å²) in [5.41, 5.74) is 2.53. The summed E-state index contributed by atoms with van der Waals surface area (Å²) in [5.74, 6) is 0.580. The van der Waals surface area contributed by atoms with E-state index in [0.29, 0.717) is 41.1 Å². The Morgan fingerprint density at radius 3 is 2.77 bits per heavy atom. The Balaban J connectivity index is 2.07. The van der Waals surface area contributed by atoms with Gasteiger partial charge in [0.15, 0.2) is 11.5 Å². The summed E-state index contributed by atoms with van der Waals surface area (Å²) in [7, 11) is 0. The number of phenolic OH excluding ortho intramolecular Hbond substituents is 1. The first-order valence-electron chi connectivity index (χ1n) is 10.6. The van der Waals surface area contributed by atoms with E-state index in [2.05, 4.69) is 27.8 Å². The lowest BCUT2D eigenvalue weighted by Gasteiger charge is -2.35. The van der Waals surface area contributed by atoms with Gasteiger partial charge in [0.25, 0.3) is 0 Å². The third-order valence-electron chi connectivity index (χ3n) is 5.50.